The molecule has 0 bridgehead atoms. The number of anilines is 1. The molecule has 7 heteroatoms. The van der Waals surface area contributed by atoms with Crippen LogP contribution in [0.2, 0.25) is 0 Å². The van der Waals surface area contributed by atoms with E-state index in [1.165, 1.54) is 11.5 Å². The second-order valence-corrected chi connectivity index (χ2v) is 7.15. The molecule has 7 nitrogen and oxygen atoms in total. The molecule has 0 unspecified atom stereocenters. The molecule has 1 aromatic carbocycles. The first-order chi connectivity index (χ1) is 14.2. The minimum Gasteiger partial charge on any atom is -0.366 e. The molecular formula is C22H23N5O2. The summed E-state index contributed by atoms with van der Waals surface area (Å²) in [5.74, 6) is 0.239. The van der Waals surface area contributed by atoms with Crippen LogP contribution in [-0.4, -0.2) is 45.1 Å². The highest BCUT2D eigenvalue weighted by molar-refractivity contribution is 5.90. The van der Waals surface area contributed by atoms with Crippen molar-refractivity contribution in [3.63, 3.8) is 0 Å². The third-order valence-electron chi connectivity index (χ3n) is 4.99. The van der Waals surface area contributed by atoms with Crippen LogP contribution in [0.4, 0.5) is 5.82 Å². The lowest BCUT2D eigenvalue weighted by molar-refractivity contribution is -0.124. The Morgan fingerprint density at radius 1 is 1.21 bits per heavy atom. The molecular weight excluding hydrogens is 366 g/mol. The molecule has 3 aromatic rings. The van der Waals surface area contributed by atoms with Gasteiger partial charge in [-0.25, -0.2) is 10.5 Å². The van der Waals surface area contributed by atoms with Gasteiger partial charge in [0.05, 0.1) is 11.2 Å². The number of benzene rings is 1. The summed E-state index contributed by atoms with van der Waals surface area (Å²) in [4.78, 5) is 22.6. The van der Waals surface area contributed by atoms with Gasteiger partial charge in [-0.05, 0) is 42.3 Å². The van der Waals surface area contributed by atoms with E-state index in [4.69, 9.17) is 10.2 Å². The first kappa shape index (κ1) is 19.0. The second-order valence-electron chi connectivity index (χ2n) is 7.15. The van der Waals surface area contributed by atoms with Gasteiger partial charge in [-0.3, -0.25) is 19.9 Å². The zero-order chi connectivity index (χ0) is 20.1. The molecule has 1 aliphatic rings. The highest BCUT2D eigenvalue weighted by atomic mass is 16.5. The fourth-order valence-electron chi connectivity index (χ4n) is 3.53. The van der Waals surface area contributed by atoms with E-state index in [2.05, 4.69) is 33.4 Å². The van der Waals surface area contributed by atoms with E-state index in [1.54, 1.807) is 17.8 Å². The van der Waals surface area contributed by atoms with E-state index >= 15 is 0 Å². The fourth-order valence-corrected chi connectivity index (χ4v) is 3.53. The van der Waals surface area contributed by atoms with Crippen molar-refractivity contribution in [1.82, 2.24) is 20.3 Å². The van der Waals surface area contributed by atoms with Crippen molar-refractivity contribution in [2.24, 2.45) is 0 Å². The van der Waals surface area contributed by atoms with Crippen molar-refractivity contribution < 1.29 is 10.0 Å². The summed E-state index contributed by atoms with van der Waals surface area (Å²) in [6.45, 7) is 2.80. The lowest BCUT2D eigenvalue weighted by Crippen LogP contribution is -2.26. The number of rotatable bonds is 6. The van der Waals surface area contributed by atoms with E-state index in [1.807, 2.05) is 30.3 Å². The van der Waals surface area contributed by atoms with Gasteiger partial charge >= 0.3 is 0 Å². The minimum atomic E-state index is -0.570. The van der Waals surface area contributed by atoms with Crippen LogP contribution < -0.4 is 10.8 Å². The normalized spacial score (nSPS) is 17.1. The SMILES string of the molecule is O=C(/C=C/c1ccc(N[C@@H]2CCN(Cc3ccc4ccccc4n3)C2)nc1)NO. The summed E-state index contributed by atoms with van der Waals surface area (Å²) >= 11 is 0. The number of aromatic nitrogens is 2. The third-order valence-corrected chi connectivity index (χ3v) is 4.99. The molecule has 1 atom stereocenters. The molecule has 1 amide bonds. The molecule has 148 valence electrons. The number of nitrogens with zero attached hydrogens (tertiary/aromatic N) is 3. The molecule has 0 saturated carbocycles. The molecule has 0 spiro atoms. The molecule has 3 N–H and O–H groups in total. The van der Waals surface area contributed by atoms with Gasteiger partial charge < -0.3 is 5.32 Å². The van der Waals surface area contributed by atoms with Crippen LogP contribution in [0, 0.1) is 0 Å². The largest absolute Gasteiger partial charge is 0.366 e. The van der Waals surface area contributed by atoms with Gasteiger partial charge in [0.1, 0.15) is 5.82 Å². The molecule has 1 saturated heterocycles. The smallest absolute Gasteiger partial charge is 0.267 e. The molecule has 29 heavy (non-hydrogen) atoms. The van der Waals surface area contributed by atoms with Crippen LogP contribution >= 0.6 is 0 Å². The zero-order valence-corrected chi connectivity index (χ0v) is 16.0. The zero-order valence-electron chi connectivity index (χ0n) is 16.0. The number of hydroxylamine groups is 1. The van der Waals surface area contributed by atoms with Crippen LogP contribution in [0.5, 0.6) is 0 Å². The average molecular weight is 389 g/mol. The maximum absolute atomic E-state index is 11.0. The standard InChI is InChI=1S/C22H23N5O2/c28-22(26-29)10-6-16-5-9-21(23-13-16)25-19-11-12-27(15-19)14-18-8-7-17-3-1-2-4-20(17)24-18/h1-10,13,19,29H,11-12,14-15H2,(H,23,25)(H,26,28)/b10-6+/t19-/m1/s1. The number of pyridine rings is 2. The van der Waals surface area contributed by atoms with E-state index in [0.29, 0.717) is 6.04 Å². The number of carbonyl (C=O) groups is 1. The van der Waals surface area contributed by atoms with Gasteiger partial charge in [-0.2, -0.15) is 0 Å². The van der Waals surface area contributed by atoms with Crippen molar-refractivity contribution in [3.05, 3.63) is 72.1 Å². The van der Waals surface area contributed by atoms with Crippen molar-refractivity contribution >= 4 is 28.7 Å². The van der Waals surface area contributed by atoms with E-state index in [9.17, 15) is 4.79 Å². The quantitative estimate of drug-likeness (QED) is 0.341. The van der Waals surface area contributed by atoms with Crippen molar-refractivity contribution in [3.8, 4) is 0 Å². The number of hydrogen-bond donors (Lipinski definition) is 3. The lowest BCUT2D eigenvalue weighted by atomic mass is 10.2. The van der Waals surface area contributed by atoms with Crippen LogP contribution in [0.15, 0.2) is 60.8 Å². The number of amides is 1. The van der Waals surface area contributed by atoms with Crippen molar-refractivity contribution in [2.45, 2.75) is 19.0 Å². The predicted octanol–water partition coefficient (Wildman–Crippen LogP) is 2.83. The maximum Gasteiger partial charge on any atom is 0.267 e. The van der Waals surface area contributed by atoms with Crippen LogP contribution in [0.3, 0.4) is 0 Å². The summed E-state index contributed by atoms with van der Waals surface area (Å²) in [5.41, 5.74) is 4.47. The molecule has 2 aromatic heterocycles. The summed E-state index contributed by atoms with van der Waals surface area (Å²) in [6, 6.07) is 16.5. The van der Waals surface area contributed by atoms with Crippen molar-refractivity contribution in [1.29, 1.82) is 0 Å². The topological polar surface area (TPSA) is 90.4 Å². The Kier molecular flexibility index (Phi) is 5.79. The Bertz CT molecular complexity index is 1020. The Hall–Kier alpha value is -3.29. The van der Waals surface area contributed by atoms with Gasteiger partial charge in [-0.15, -0.1) is 0 Å². The van der Waals surface area contributed by atoms with Crippen LogP contribution in [0.25, 0.3) is 17.0 Å². The molecule has 1 fully saturated rings. The van der Waals surface area contributed by atoms with Crippen LogP contribution in [-0.2, 0) is 11.3 Å². The van der Waals surface area contributed by atoms with Gasteiger partial charge in [0.2, 0.25) is 0 Å². The number of nitrogens with one attached hydrogen (secondary N) is 2. The minimum absolute atomic E-state index is 0.338. The van der Waals surface area contributed by atoms with Gasteiger partial charge in [0.25, 0.3) is 5.91 Å². The number of carbonyl (C=O) groups excluding carboxylic acids is 1. The first-order valence-electron chi connectivity index (χ1n) is 9.61. The average Bonchev–Trinajstić information content (AvgIpc) is 3.19. The highest BCUT2D eigenvalue weighted by Gasteiger charge is 2.23. The van der Waals surface area contributed by atoms with Gasteiger partial charge in [-0.1, -0.05) is 24.3 Å². The summed E-state index contributed by atoms with van der Waals surface area (Å²) in [7, 11) is 0. The fraction of sp³-hybridized carbons (Fsp3) is 0.227. The Morgan fingerprint density at radius 2 is 2.10 bits per heavy atom. The number of fused-ring (bicyclic) bond motifs is 1. The third kappa shape index (κ3) is 4.96. The number of para-hydroxylation sites is 1. The Labute approximate surface area is 169 Å². The van der Waals surface area contributed by atoms with E-state index < -0.39 is 5.91 Å². The van der Waals surface area contributed by atoms with Crippen LogP contribution in [0.1, 0.15) is 17.7 Å². The van der Waals surface area contributed by atoms with Gasteiger partial charge in [0, 0.05) is 43.3 Å². The summed E-state index contributed by atoms with van der Waals surface area (Å²) in [5, 5.41) is 13.1. The molecule has 0 aliphatic carbocycles. The second kappa shape index (κ2) is 8.81. The number of likely N-dealkylation sites (tertiary alicyclic amines) is 1. The predicted molar refractivity (Wildman–Crippen MR) is 112 cm³/mol. The Morgan fingerprint density at radius 3 is 2.93 bits per heavy atom. The van der Waals surface area contributed by atoms with Gasteiger partial charge in [0.15, 0.2) is 0 Å². The monoisotopic (exact) mass is 389 g/mol. The maximum atomic E-state index is 11.0. The highest BCUT2D eigenvalue weighted by Crippen LogP contribution is 2.18. The molecule has 3 heterocycles. The lowest BCUT2D eigenvalue weighted by Gasteiger charge is -2.17. The Balaban J connectivity index is 1.31. The molecule has 1 aliphatic heterocycles. The van der Waals surface area contributed by atoms with E-state index in [-0.39, 0.29) is 0 Å². The van der Waals surface area contributed by atoms with E-state index in [0.717, 1.165) is 48.6 Å². The molecule has 0 radical (unpaired) electrons. The number of hydrogen-bond acceptors (Lipinski definition) is 6. The first-order valence-corrected chi connectivity index (χ1v) is 9.61. The summed E-state index contributed by atoms with van der Waals surface area (Å²) < 4.78 is 0. The molecule has 4 rings (SSSR count). The van der Waals surface area contributed by atoms with Crippen molar-refractivity contribution in [2.75, 3.05) is 18.4 Å². The summed E-state index contributed by atoms with van der Waals surface area (Å²) in [6.07, 6.45) is 5.58.